The van der Waals surface area contributed by atoms with Crippen molar-refractivity contribution in [2.75, 3.05) is 37.4 Å². The van der Waals surface area contributed by atoms with Gasteiger partial charge in [-0.2, -0.15) is 0 Å². The minimum Gasteiger partial charge on any atom is -0.465 e. The van der Waals surface area contributed by atoms with Crippen LogP contribution in [-0.2, 0) is 16.0 Å². The Balaban J connectivity index is 1.37. The summed E-state index contributed by atoms with van der Waals surface area (Å²) < 4.78 is 58.8. The van der Waals surface area contributed by atoms with Crippen LogP contribution in [-0.4, -0.2) is 80.7 Å². The van der Waals surface area contributed by atoms with E-state index in [1.54, 1.807) is 16.4 Å². The molecule has 14 heteroatoms. The number of carbonyl (C=O) groups is 2. The number of amides is 2. The number of hydrogen-bond donors (Lipinski definition) is 6. The van der Waals surface area contributed by atoms with Gasteiger partial charge < -0.3 is 25.8 Å². The van der Waals surface area contributed by atoms with E-state index in [-0.39, 0.29) is 34.8 Å². The summed E-state index contributed by atoms with van der Waals surface area (Å²) in [5.41, 5.74) is 0.841. The minimum atomic E-state index is -2.94. The Morgan fingerprint density at radius 3 is 2.63 bits per heavy atom. The summed E-state index contributed by atoms with van der Waals surface area (Å²) in [5, 5.41) is 18.2. The van der Waals surface area contributed by atoms with E-state index in [2.05, 4.69) is 16.0 Å². The molecule has 2 aromatic carbocycles. The van der Waals surface area contributed by atoms with Gasteiger partial charge in [0.15, 0.2) is 0 Å². The number of rotatable bonds is 11. The Labute approximate surface area is 274 Å². The number of halogens is 3. The Kier molecular flexibility index (Phi) is 11.8. The van der Waals surface area contributed by atoms with E-state index in [1.165, 1.54) is 24.3 Å². The van der Waals surface area contributed by atoms with Gasteiger partial charge in [-0.3, -0.25) is 13.9 Å². The van der Waals surface area contributed by atoms with Crippen molar-refractivity contribution in [2.45, 2.75) is 75.4 Å². The van der Waals surface area contributed by atoms with Crippen LogP contribution in [0.15, 0.2) is 36.4 Å². The molecule has 0 radical (unpaired) electrons. The molecule has 254 valence electrons. The molecule has 6 N–H and O–H groups in total. The molecule has 10 nitrogen and oxygen atoms in total. The maximum atomic E-state index is 15.3. The highest BCUT2D eigenvalue weighted by molar-refractivity contribution is 8.22. The lowest BCUT2D eigenvalue weighted by atomic mass is 9.82. The molecule has 2 bridgehead atoms. The first kappa shape index (κ1) is 34.8. The molecule has 3 heterocycles. The Hall–Kier alpha value is -2.52. The number of hydrogen-bond acceptors (Lipinski definition) is 7. The van der Waals surface area contributed by atoms with E-state index in [1.807, 2.05) is 0 Å². The lowest BCUT2D eigenvalue weighted by Crippen LogP contribution is -2.55. The zero-order valence-corrected chi connectivity index (χ0v) is 27.2. The number of piperazine rings is 1. The third-order valence-electron chi connectivity index (χ3n) is 9.46. The van der Waals surface area contributed by atoms with E-state index in [0.29, 0.717) is 69.2 Å². The summed E-state index contributed by atoms with van der Waals surface area (Å²) in [6.45, 7) is 2.27. The average Bonchev–Trinajstić information content (AvgIpc) is 3.14. The number of ether oxygens (including phenoxy) is 1. The van der Waals surface area contributed by atoms with Crippen LogP contribution in [0, 0.1) is 17.6 Å². The number of benzene rings is 2. The van der Waals surface area contributed by atoms with Gasteiger partial charge in [0, 0.05) is 55.6 Å². The van der Waals surface area contributed by atoms with E-state index in [4.69, 9.17) is 16.3 Å². The van der Waals surface area contributed by atoms with Gasteiger partial charge in [-0.25, -0.2) is 17.9 Å². The number of carbonyl (C=O) groups excluding carboxylic acids is 1. The summed E-state index contributed by atoms with van der Waals surface area (Å²) in [7, 11) is -2.94. The molecule has 3 aliphatic heterocycles. The van der Waals surface area contributed by atoms with Crippen molar-refractivity contribution in [1.29, 1.82) is 0 Å². The zero-order chi connectivity index (χ0) is 32.8. The van der Waals surface area contributed by atoms with Crippen molar-refractivity contribution in [3.8, 4) is 0 Å². The van der Waals surface area contributed by atoms with Gasteiger partial charge in [-0.05, 0) is 87.1 Å². The van der Waals surface area contributed by atoms with Crippen molar-refractivity contribution in [2.24, 2.45) is 5.92 Å². The van der Waals surface area contributed by atoms with Gasteiger partial charge in [0.05, 0.1) is 10.8 Å². The summed E-state index contributed by atoms with van der Waals surface area (Å²) in [6.07, 6.45) is 3.45. The maximum Gasteiger partial charge on any atom is 0.405 e. The largest absolute Gasteiger partial charge is 0.465 e. The normalized spacial score (nSPS) is 25.1. The molecule has 0 aliphatic carbocycles. The second-order valence-corrected chi connectivity index (χ2v) is 15.0. The summed E-state index contributed by atoms with van der Waals surface area (Å²) in [5.74, 6) is -2.05. The molecule has 5 rings (SSSR count). The van der Waals surface area contributed by atoms with Gasteiger partial charge in [0.25, 0.3) is 0 Å². The Morgan fingerprint density at radius 1 is 1.11 bits per heavy atom. The highest BCUT2D eigenvalue weighted by Gasteiger charge is 2.38. The fourth-order valence-electron chi connectivity index (χ4n) is 6.93. The van der Waals surface area contributed by atoms with Crippen LogP contribution >= 0.6 is 22.4 Å². The van der Waals surface area contributed by atoms with Crippen LogP contribution in [0.1, 0.15) is 62.0 Å². The molecule has 46 heavy (non-hydrogen) atoms. The van der Waals surface area contributed by atoms with Gasteiger partial charge in [-0.15, -0.1) is 10.8 Å². The van der Waals surface area contributed by atoms with Gasteiger partial charge in [-0.1, -0.05) is 23.7 Å². The van der Waals surface area contributed by atoms with Gasteiger partial charge in [0.2, 0.25) is 5.91 Å². The fraction of sp³-hybridized carbons (Fsp3) is 0.562. The number of nitrogens with zero attached hydrogens (tertiary/aromatic N) is 1. The lowest BCUT2D eigenvalue weighted by molar-refractivity contribution is -0.118. The lowest BCUT2D eigenvalue weighted by Gasteiger charge is -2.49. The van der Waals surface area contributed by atoms with Crippen LogP contribution < -0.4 is 16.0 Å². The van der Waals surface area contributed by atoms with Gasteiger partial charge in [0.1, 0.15) is 17.7 Å². The average molecular weight is 685 g/mol. The molecule has 0 aromatic heterocycles. The third-order valence-corrected chi connectivity index (χ3v) is 11.8. The second kappa shape index (κ2) is 15.6. The van der Waals surface area contributed by atoms with Crippen LogP contribution in [0.4, 0.5) is 19.3 Å². The molecule has 2 amide bonds. The van der Waals surface area contributed by atoms with Crippen molar-refractivity contribution < 1.29 is 37.3 Å². The quantitative estimate of drug-likeness (QED) is 0.164. The maximum absolute atomic E-state index is 15.3. The molecular formula is C32H43ClF2N4O6S. The monoisotopic (exact) mass is 684 g/mol. The predicted octanol–water partition coefficient (Wildman–Crippen LogP) is 6.22. The minimum absolute atomic E-state index is 0.0892. The summed E-state index contributed by atoms with van der Waals surface area (Å²) >= 11 is 5.94. The number of nitrogens with one attached hydrogen (secondary N) is 3. The summed E-state index contributed by atoms with van der Waals surface area (Å²) in [6, 6.07) is 7.11. The molecule has 5 atom stereocenters. The Morgan fingerprint density at radius 2 is 1.89 bits per heavy atom. The number of anilines is 1. The van der Waals surface area contributed by atoms with Gasteiger partial charge >= 0.3 is 6.09 Å². The molecule has 3 saturated heterocycles. The predicted molar refractivity (Wildman–Crippen MR) is 174 cm³/mol. The SMILES string of the molecule is O=C(O)N[C@H](C(=O)Nc1cccc(F)c1CCC1CNC2CCCS(O)(O)N1C2)[C@H](CCC1CCOCC1)c1ccc(Cl)c(F)c1. The smallest absolute Gasteiger partial charge is 0.405 e. The Bertz CT molecular complexity index is 1380. The molecular weight excluding hydrogens is 642 g/mol. The number of carboxylic acid groups (broad SMARTS) is 1. The molecule has 3 aliphatic rings. The first-order valence-electron chi connectivity index (χ1n) is 15.9. The highest BCUT2D eigenvalue weighted by atomic mass is 35.5. The van der Waals surface area contributed by atoms with Crippen LogP contribution in [0.3, 0.4) is 0 Å². The zero-order valence-electron chi connectivity index (χ0n) is 25.6. The van der Waals surface area contributed by atoms with E-state index < -0.39 is 46.4 Å². The molecule has 2 aromatic rings. The fourth-order valence-corrected chi connectivity index (χ4v) is 8.91. The molecule has 3 unspecified atom stereocenters. The standard InChI is InChI=1S/C32H43ClF2N4O6S/c33-26-11-7-21(17-28(26)35)24(9-6-20-12-14-45-15-13-20)30(38-32(41)42)31(40)37-29-5-1-4-27(34)25(29)10-8-23-18-36-22-3-2-16-46(43,44)39(23)19-22/h1,4-5,7,11,17,20,22-24,30,36,38,43-44H,2-3,6,8-10,12-16,18-19H2,(H,37,40)(H,41,42)/t22?,23?,24-,30+/m1/s1. The molecule has 0 spiro atoms. The van der Waals surface area contributed by atoms with Crippen LogP contribution in [0.25, 0.3) is 0 Å². The first-order valence-corrected chi connectivity index (χ1v) is 17.9. The van der Waals surface area contributed by atoms with Crippen molar-refractivity contribution in [3.05, 3.63) is 64.2 Å². The van der Waals surface area contributed by atoms with Crippen LogP contribution in [0.2, 0.25) is 5.02 Å². The summed E-state index contributed by atoms with van der Waals surface area (Å²) in [4.78, 5) is 25.9. The van der Waals surface area contributed by atoms with Crippen molar-refractivity contribution >= 4 is 40.1 Å². The topological polar surface area (TPSA) is 143 Å². The second-order valence-electron chi connectivity index (χ2n) is 12.5. The van der Waals surface area contributed by atoms with Crippen molar-refractivity contribution in [1.82, 2.24) is 14.9 Å². The van der Waals surface area contributed by atoms with Crippen LogP contribution in [0.5, 0.6) is 0 Å². The highest BCUT2D eigenvalue weighted by Crippen LogP contribution is 2.49. The van der Waals surface area contributed by atoms with Crippen molar-refractivity contribution in [3.63, 3.8) is 0 Å². The van der Waals surface area contributed by atoms with E-state index >= 15 is 4.39 Å². The molecule has 3 fully saturated rings. The first-order chi connectivity index (χ1) is 22.0. The number of fused-ring (bicyclic) bond motifs is 2. The molecule has 0 saturated carbocycles. The van der Waals surface area contributed by atoms with E-state index in [9.17, 15) is 28.2 Å². The third kappa shape index (κ3) is 8.68. The van der Waals surface area contributed by atoms with E-state index in [0.717, 1.165) is 19.3 Å².